The number of methoxy groups -OCH3 is 1. The zero-order valence-electron chi connectivity index (χ0n) is 13.8. The Hall–Kier alpha value is -1.81. The number of aryl methyl sites for hydroxylation is 3. The fourth-order valence-corrected chi connectivity index (χ4v) is 2.79. The summed E-state index contributed by atoms with van der Waals surface area (Å²) in [5.74, 6) is 0.927. The lowest BCUT2D eigenvalue weighted by molar-refractivity contribution is 0.396. The monoisotopic (exact) mass is 287 g/mol. The van der Waals surface area contributed by atoms with Crippen LogP contribution in [0, 0.1) is 13.8 Å². The smallest absolute Gasteiger partial charge is 0.123 e. The molecule has 21 heavy (non-hydrogen) atoms. The van der Waals surface area contributed by atoms with Crippen molar-refractivity contribution in [2.75, 3.05) is 7.11 Å². The van der Waals surface area contributed by atoms with Gasteiger partial charge >= 0.3 is 0 Å². The van der Waals surface area contributed by atoms with Crippen LogP contribution >= 0.6 is 0 Å². The van der Waals surface area contributed by atoms with Crippen molar-refractivity contribution in [1.82, 2.24) is 15.1 Å². The zero-order chi connectivity index (χ0) is 15.6. The predicted octanol–water partition coefficient (Wildman–Crippen LogP) is 3.46. The molecular weight excluding hydrogens is 262 g/mol. The molecule has 1 aromatic heterocycles. The van der Waals surface area contributed by atoms with Crippen molar-refractivity contribution in [2.45, 2.75) is 39.8 Å². The third-order valence-corrected chi connectivity index (χ3v) is 3.87. The van der Waals surface area contributed by atoms with Gasteiger partial charge in [-0.2, -0.15) is 5.10 Å². The van der Waals surface area contributed by atoms with Gasteiger partial charge < -0.3 is 10.1 Å². The molecule has 0 saturated heterocycles. The normalized spacial score (nSPS) is 14.0. The van der Waals surface area contributed by atoms with E-state index in [2.05, 4.69) is 49.5 Å². The van der Waals surface area contributed by atoms with E-state index in [9.17, 15) is 0 Å². The summed E-state index contributed by atoms with van der Waals surface area (Å²) in [5, 5.41) is 8.05. The van der Waals surface area contributed by atoms with Crippen LogP contribution in [0.1, 0.15) is 48.3 Å². The van der Waals surface area contributed by atoms with Crippen molar-refractivity contribution in [1.29, 1.82) is 0 Å². The van der Waals surface area contributed by atoms with Gasteiger partial charge in [0, 0.05) is 36.5 Å². The Labute approximate surface area is 127 Å². The second kappa shape index (κ2) is 6.31. The van der Waals surface area contributed by atoms with Crippen LogP contribution in [-0.2, 0) is 7.05 Å². The molecule has 0 spiro atoms. The Bertz CT molecular complexity index is 618. The van der Waals surface area contributed by atoms with E-state index in [1.54, 1.807) is 7.11 Å². The Kier molecular flexibility index (Phi) is 4.68. The van der Waals surface area contributed by atoms with E-state index in [0.717, 1.165) is 11.4 Å². The van der Waals surface area contributed by atoms with Gasteiger partial charge in [-0.15, -0.1) is 0 Å². The SMILES string of the molecule is COc1ccc(C)cc1C(C)NC(C)c1cn(C)nc1C. The van der Waals surface area contributed by atoms with Crippen LogP contribution in [0.15, 0.2) is 24.4 Å². The third kappa shape index (κ3) is 3.45. The van der Waals surface area contributed by atoms with Crippen LogP contribution in [0.25, 0.3) is 0 Å². The summed E-state index contributed by atoms with van der Waals surface area (Å²) >= 11 is 0. The van der Waals surface area contributed by atoms with E-state index < -0.39 is 0 Å². The summed E-state index contributed by atoms with van der Waals surface area (Å²) in [6.45, 7) is 8.48. The first-order chi connectivity index (χ1) is 9.92. The Morgan fingerprint density at radius 3 is 2.38 bits per heavy atom. The third-order valence-electron chi connectivity index (χ3n) is 3.87. The van der Waals surface area contributed by atoms with E-state index in [-0.39, 0.29) is 12.1 Å². The second-order valence-corrected chi connectivity index (χ2v) is 5.70. The molecule has 4 nitrogen and oxygen atoms in total. The van der Waals surface area contributed by atoms with Crippen LogP contribution in [0.2, 0.25) is 0 Å². The lowest BCUT2D eigenvalue weighted by Gasteiger charge is -2.22. The fraction of sp³-hybridized carbons (Fsp3) is 0.471. The van der Waals surface area contributed by atoms with E-state index in [1.807, 2.05) is 24.7 Å². The molecule has 0 aliphatic carbocycles. The van der Waals surface area contributed by atoms with E-state index in [1.165, 1.54) is 16.7 Å². The molecule has 2 rings (SSSR count). The van der Waals surface area contributed by atoms with Gasteiger partial charge in [-0.3, -0.25) is 4.68 Å². The average Bonchev–Trinajstić information content (AvgIpc) is 2.77. The first-order valence-corrected chi connectivity index (χ1v) is 7.33. The standard InChI is InChI=1S/C17H25N3O/c1-11-7-8-17(21-6)15(9-11)12(2)18-13(3)16-10-20(5)19-14(16)4/h7-10,12-13,18H,1-6H3. The maximum atomic E-state index is 5.48. The Morgan fingerprint density at radius 1 is 1.14 bits per heavy atom. The van der Waals surface area contributed by atoms with Crippen LogP contribution in [-0.4, -0.2) is 16.9 Å². The van der Waals surface area contributed by atoms with Gasteiger partial charge in [-0.1, -0.05) is 17.7 Å². The molecule has 0 aliphatic rings. The zero-order valence-corrected chi connectivity index (χ0v) is 13.8. The van der Waals surface area contributed by atoms with E-state index in [0.29, 0.717) is 0 Å². The van der Waals surface area contributed by atoms with Crippen LogP contribution in [0.5, 0.6) is 5.75 Å². The summed E-state index contributed by atoms with van der Waals surface area (Å²) < 4.78 is 7.34. The maximum absolute atomic E-state index is 5.48. The first kappa shape index (κ1) is 15.6. The summed E-state index contributed by atoms with van der Waals surface area (Å²) in [6, 6.07) is 6.72. The van der Waals surface area contributed by atoms with Gasteiger partial charge in [0.1, 0.15) is 5.75 Å². The molecule has 0 radical (unpaired) electrons. The average molecular weight is 287 g/mol. The molecule has 1 N–H and O–H groups in total. The molecule has 0 aliphatic heterocycles. The van der Waals surface area contributed by atoms with Crippen molar-refractivity contribution in [3.8, 4) is 5.75 Å². The Morgan fingerprint density at radius 2 is 1.81 bits per heavy atom. The van der Waals surface area contributed by atoms with Gasteiger partial charge in [-0.25, -0.2) is 0 Å². The quantitative estimate of drug-likeness (QED) is 0.915. The minimum absolute atomic E-state index is 0.203. The molecule has 0 bridgehead atoms. The van der Waals surface area contributed by atoms with Gasteiger partial charge in [0.15, 0.2) is 0 Å². The second-order valence-electron chi connectivity index (χ2n) is 5.70. The van der Waals surface area contributed by atoms with Crippen LogP contribution in [0.4, 0.5) is 0 Å². The number of rotatable bonds is 5. The number of hydrogen-bond acceptors (Lipinski definition) is 3. The maximum Gasteiger partial charge on any atom is 0.123 e. The van der Waals surface area contributed by atoms with Crippen LogP contribution < -0.4 is 10.1 Å². The highest BCUT2D eigenvalue weighted by Crippen LogP contribution is 2.28. The number of hydrogen-bond donors (Lipinski definition) is 1. The van der Waals surface area contributed by atoms with E-state index in [4.69, 9.17) is 4.74 Å². The number of ether oxygens (including phenoxy) is 1. The van der Waals surface area contributed by atoms with E-state index >= 15 is 0 Å². The molecule has 114 valence electrons. The largest absolute Gasteiger partial charge is 0.496 e. The molecule has 0 saturated carbocycles. The number of nitrogens with zero attached hydrogens (tertiary/aromatic N) is 2. The molecular formula is C17H25N3O. The van der Waals surface area contributed by atoms with Crippen molar-refractivity contribution >= 4 is 0 Å². The van der Waals surface area contributed by atoms with Gasteiger partial charge in [-0.05, 0) is 33.8 Å². The predicted molar refractivity (Wildman–Crippen MR) is 85.6 cm³/mol. The number of aromatic nitrogens is 2. The fourth-order valence-electron chi connectivity index (χ4n) is 2.79. The van der Waals surface area contributed by atoms with Crippen molar-refractivity contribution < 1.29 is 4.74 Å². The lowest BCUT2D eigenvalue weighted by Crippen LogP contribution is -2.23. The lowest BCUT2D eigenvalue weighted by atomic mass is 10.0. The summed E-state index contributed by atoms with van der Waals surface area (Å²) in [7, 11) is 3.67. The molecule has 2 unspecified atom stereocenters. The molecule has 0 fully saturated rings. The summed E-state index contributed by atoms with van der Waals surface area (Å²) in [5.41, 5.74) is 4.73. The molecule has 2 atom stereocenters. The molecule has 2 aromatic rings. The van der Waals surface area contributed by atoms with Gasteiger partial charge in [0.05, 0.1) is 12.8 Å². The molecule has 1 heterocycles. The van der Waals surface area contributed by atoms with Gasteiger partial charge in [0.25, 0.3) is 0 Å². The summed E-state index contributed by atoms with van der Waals surface area (Å²) in [6.07, 6.45) is 2.08. The minimum atomic E-state index is 0.203. The van der Waals surface area contributed by atoms with Crippen molar-refractivity contribution in [2.24, 2.45) is 7.05 Å². The topological polar surface area (TPSA) is 39.1 Å². The number of benzene rings is 1. The van der Waals surface area contributed by atoms with Gasteiger partial charge in [0.2, 0.25) is 0 Å². The van der Waals surface area contributed by atoms with Crippen molar-refractivity contribution in [3.63, 3.8) is 0 Å². The van der Waals surface area contributed by atoms with Crippen molar-refractivity contribution in [3.05, 3.63) is 46.8 Å². The highest BCUT2D eigenvalue weighted by Gasteiger charge is 2.17. The number of nitrogens with one attached hydrogen (secondary N) is 1. The highest BCUT2D eigenvalue weighted by molar-refractivity contribution is 5.39. The molecule has 1 aromatic carbocycles. The van der Waals surface area contributed by atoms with Crippen LogP contribution in [0.3, 0.4) is 0 Å². The molecule has 4 heteroatoms. The summed E-state index contributed by atoms with van der Waals surface area (Å²) in [4.78, 5) is 0. The molecule has 0 amide bonds. The minimum Gasteiger partial charge on any atom is -0.496 e. The highest BCUT2D eigenvalue weighted by atomic mass is 16.5. The Balaban J connectivity index is 2.19. The first-order valence-electron chi connectivity index (χ1n) is 7.33.